The number of aromatic nitrogens is 3. The molecule has 7 nitrogen and oxygen atoms in total. The molecule has 0 spiro atoms. The van der Waals surface area contributed by atoms with Gasteiger partial charge in [0.2, 0.25) is 17.1 Å². The summed E-state index contributed by atoms with van der Waals surface area (Å²) in [6, 6.07) is 29.0. The number of benzene rings is 1. The van der Waals surface area contributed by atoms with Crippen molar-refractivity contribution in [2.24, 2.45) is 41.1 Å². The van der Waals surface area contributed by atoms with Gasteiger partial charge in [-0.15, -0.1) is 0 Å². The first-order chi connectivity index (χ1) is 25.0. The highest BCUT2D eigenvalue weighted by molar-refractivity contribution is 6.39. The number of fused-ring (bicyclic) bond motifs is 4. The number of hydrogen-bond acceptors (Lipinski definition) is 4. The number of pyridine rings is 3. The van der Waals surface area contributed by atoms with Crippen LogP contribution in [-0.4, -0.2) is 22.8 Å². The molecule has 0 saturated carbocycles. The van der Waals surface area contributed by atoms with E-state index >= 15 is 0 Å². The van der Waals surface area contributed by atoms with Crippen molar-refractivity contribution < 1.29 is 13.7 Å². The zero-order valence-corrected chi connectivity index (χ0v) is 28.6. The predicted molar refractivity (Wildman–Crippen MR) is 203 cm³/mol. The largest absolute Gasteiger partial charge is 0.247 e. The van der Waals surface area contributed by atoms with Gasteiger partial charge in [-0.1, -0.05) is 30.3 Å². The van der Waals surface area contributed by atoms with E-state index in [1.165, 1.54) is 0 Å². The van der Waals surface area contributed by atoms with Crippen LogP contribution in [0.4, 0.5) is 0 Å². The highest BCUT2D eigenvalue weighted by Gasteiger charge is 2.32. The molecule has 5 aliphatic heterocycles. The summed E-state index contributed by atoms with van der Waals surface area (Å²) in [6.45, 7) is 0. The molecule has 8 bridgehead atoms. The number of allylic oxidation sites excluding steroid dienone is 12. The van der Waals surface area contributed by atoms with Gasteiger partial charge >= 0.3 is 0 Å². The maximum Gasteiger partial charge on any atom is 0.216 e. The summed E-state index contributed by atoms with van der Waals surface area (Å²) >= 11 is 0. The molecule has 242 valence electrons. The van der Waals surface area contributed by atoms with E-state index in [2.05, 4.69) is 163 Å². The Bertz CT molecular complexity index is 2530. The Morgan fingerprint density at radius 2 is 0.647 bits per heavy atom. The minimum Gasteiger partial charge on any atom is -0.247 e. The molecule has 0 saturated heterocycles. The maximum absolute atomic E-state index is 5.37. The molecule has 4 aromatic rings. The second kappa shape index (κ2) is 12.3. The molecule has 7 heteroatoms. The fourth-order valence-electron chi connectivity index (χ4n) is 7.12. The van der Waals surface area contributed by atoms with Gasteiger partial charge in [-0.3, -0.25) is 0 Å². The van der Waals surface area contributed by atoms with E-state index in [4.69, 9.17) is 20.0 Å². The number of aryl methyl sites for hydroxylation is 3. The Kier molecular flexibility index (Phi) is 7.32. The maximum atomic E-state index is 5.37. The number of nitrogens with zero attached hydrogens (tertiary/aromatic N) is 7. The molecule has 51 heavy (non-hydrogen) atoms. The lowest BCUT2D eigenvalue weighted by molar-refractivity contribution is -0.673. The molecule has 5 aliphatic rings. The zero-order valence-electron chi connectivity index (χ0n) is 28.6. The fourth-order valence-corrected chi connectivity index (χ4v) is 7.12. The number of rotatable bonds is 4. The molecule has 9 rings (SSSR count). The van der Waals surface area contributed by atoms with Gasteiger partial charge in [0.15, 0.2) is 18.6 Å². The van der Waals surface area contributed by atoms with Gasteiger partial charge in [0, 0.05) is 42.0 Å². The summed E-state index contributed by atoms with van der Waals surface area (Å²) in [5.74, 6) is 0. The summed E-state index contributed by atoms with van der Waals surface area (Å²) < 4.78 is 6.37. The van der Waals surface area contributed by atoms with Crippen molar-refractivity contribution in [1.29, 1.82) is 0 Å². The van der Waals surface area contributed by atoms with Crippen molar-refractivity contribution >= 4 is 45.1 Å². The van der Waals surface area contributed by atoms with Crippen LogP contribution in [0.1, 0.15) is 22.6 Å². The van der Waals surface area contributed by atoms with Gasteiger partial charge in [0.25, 0.3) is 0 Å². The van der Waals surface area contributed by atoms with Gasteiger partial charge in [-0.2, -0.15) is 0 Å². The summed E-state index contributed by atoms with van der Waals surface area (Å²) in [5, 5.41) is 0. The van der Waals surface area contributed by atoms with Crippen LogP contribution >= 0.6 is 0 Å². The lowest BCUT2D eigenvalue weighted by Gasteiger charge is -2.11. The summed E-state index contributed by atoms with van der Waals surface area (Å²) in [4.78, 5) is 21.5. The van der Waals surface area contributed by atoms with Crippen molar-refractivity contribution in [1.82, 2.24) is 0 Å². The molecule has 1 aromatic carbocycles. The Morgan fingerprint density at radius 3 is 1.00 bits per heavy atom. The Hall–Kier alpha value is -6.73. The fraction of sp³-hybridized carbons (Fsp3) is 0.0682. The highest BCUT2D eigenvalue weighted by atomic mass is 15.0. The van der Waals surface area contributed by atoms with Crippen LogP contribution < -0.4 is 13.7 Å². The average Bonchev–Trinajstić information content (AvgIpc) is 3.99. The molecule has 0 amide bonds. The minimum absolute atomic E-state index is 0.837. The van der Waals surface area contributed by atoms with Crippen LogP contribution in [0.3, 0.4) is 0 Å². The van der Waals surface area contributed by atoms with Gasteiger partial charge < -0.3 is 0 Å². The van der Waals surface area contributed by atoms with Crippen LogP contribution in [0.2, 0.25) is 0 Å². The quantitative estimate of drug-likeness (QED) is 0.236. The molecule has 0 aliphatic carbocycles. The molecule has 3 aromatic heterocycles. The molecular formula is C44H34N7+3. The number of hydrogen-bond donors (Lipinski definition) is 0. The van der Waals surface area contributed by atoms with E-state index < -0.39 is 0 Å². The number of aliphatic imine (C=N–C) groups is 4. The van der Waals surface area contributed by atoms with Crippen molar-refractivity contribution in [2.75, 3.05) is 0 Å². The smallest absolute Gasteiger partial charge is 0.216 e. The normalized spacial score (nSPS) is 17.5. The Labute approximate surface area is 296 Å². The Balaban J connectivity index is 1.40. The SMILES string of the molecule is C[n+]1ccccc1C1=C2C=CC(=N2)C(c2ccccc2)=C2C=CC(=N2)C(c2cccc[n+]2C)=C2C=CC(=N2)C(c2cccc[n+]2C)=C2C=CC1=N2. The molecule has 0 fully saturated rings. The van der Waals surface area contributed by atoms with Crippen LogP contribution in [0.15, 0.2) is 195 Å². The van der Waals surface area contributed by atoms with Crippen LogP contribution in [-0.2, 0) is 21.1 Å². The van der Waals surface area contributed by atoms with Crippen molar-refractivity contribution in [3.05, 3.63) is 198 Å². The lowest BCUT2D eigenvalue weighted by Crippen LogP contribution is -2.34. The van der Waals surface area contributed by atoms with Crippen molar-refractivity contribution in [3.8, 4) is 0 Å². The second-order valence-electron chi connectivity index (χ2n) is 12.8. The van der Waals surface area contributed by atoms with Gasteiger partial charge in [-0.25, -0.2) is 33.7 Å². The lowest BCUT2D eigenvalue weighted by atomic mass is 9.99. The third-order valence-corrected chi connectivity index (χ3v) is 9.60. The molecule has 0 atom stereocenters. The Morgan fingerprint density at radius 1 is 0.333 bits per heavy atom. The molecule has 8 heterocycles. The van der Waals surface area contributed by atoms with E-state index in [1.54, 1.807) is 0 Å². The van der Waals surface area contributed by atoms with E-state index in [1.807, 2.05) is 24.3 Å². The van der Waals surface area contributed by atoms with E-state index in [0.717, 1.165) is 90.6 Å². The van der Waals surface area contributed by atoms with Crippen LogP contribution in [0.5, 0.6) is 0 Å². The minimum atomic E-state index is 0.837. The predicted octanol–water partition coefficient (Wildman–Crippen LogP) is 6.16. The summed E-state index contributed by atoms with van der Waals surface area (Å²) in [6.07, 6.45) is 23.0. The molecule has 0 radical (unpaired) electrons. The van der Waals surface area contributed by atoms with Crippen molar-refractivity contribution in [3.63, 3.8) is 0 Å². The van der Waals surface area contributed by atoms with Crippen LogP contribution in [0, 0.1) is 0 Å². The van der Waals surface area contributed by atoms with Gasteiger partial charge in [0.05, 0.1) is 62.4 Å². The van der Waals surface area contributed by atoms with E-state index in [0.29, 0.717) is 0 Å². The van der Waals surface area contributed by atoms with E-state index in [9.17, 15) is 0 Å². The molecular weight excluding hydrogens is 627 g/mol. The van der Waals surface area contributed by atoms with Gasteiger partial charge in [-0.05, 0) is 72.4 Å². The third kappa shape index (κ3) is 5.27. The third-order valence-electron chi connectivity index (χ3n) is 9.60. The second-order valence-corrected chi connectivity index (χ2v) is 12.8. The molecule has 0 N–H and O–H groups in total. The summed E-state index contributed by atoms with van der Waals surface area (Å²) in [7, 11) is 6.18. The topological polar surface area (TPSA) is 61.1 Å². The first-order valence-corrected chi connectivity index (χ1v) is 17.0. The molecule has 0 unspecified atom stereocenters. The van der Waals surface area contributed by atoms with Gasteiger partial charge in [0.1, 0.15) is 21.1 Å². The van der Waals surface area contributed by atoms with Crippen LogP contribution in [0.25, 0.3) is 22.3 Å². The average molecular weight is 661 g/mol. The summed E-state index contributed by atoms with van der Waals surface area (Å²) in [5.41, 5.74) is 14.6. The monoisotopic (exact) mass is 660 g/mol. The zero-order chi connectivity index (χ0) is 34.5. The first-order valence-electron chi connectivity index (χ1n) is 17.0. The van der Waals surface area contributed by atoms with Crippen molar-refractivity contribution in [2.45, 2.75) is 0 Å². The first kappa shape index (κ1) is 30.3. The standard InChI is InChI=1S/C44H34N7/c1-49-26-10-7-15-38(49)42-32-20-18-30(45-32)41(29-13-5-4-6-14-29)31-19-21-33(46-31)43(39-16-8-11-27-50(39)2)35-23-25-37(48-35)44(36-24-22-34(42)47-36)40-17-9-12-28-51(40)3/h4-28H,1-3H3/q+3. The highest BCUT2D eigenvalue weighted by Crippen LogP contribution is 2.37. The van der Waals surface area contributed by atoms with E-state index in [-0.39, 0.29) is 0 Å².